The van der Waals surface area contributed by atoms with Crippen molar-refractivity contribution in [1.82, 2.24) is 14.8 Å². The molecule has 13 heavy (non-hydrogen) atoms. The number of aryl methyl sites for hydroxylation is 1. The normalized spacial score (nSPS) is 13.2. The Morgan fingerprint density at radius 2 is 2.31 bits per heavy atom. The van der Waals surface area contributed by atoms with Crippen LogP contribution in [0, 0.1) is 0 Å². The Labute approximate surface area is 81.9 Å². The number of nitrogen functional groups attached to an aromatic ring is 1. The molecule has 74 valence electrons. The molecule has 1 rings (SSSR count). The summed E-state index contributed by atoms with van der Waals surface area (Å²) in [6, 6.07) is -0.101. The third-order valence-electron chi connectivity index (χ3n) is 1.78. The van der Waals surface area contributed by atoms with E-state index in [-0.39, 0.29) is 6.04 Å². The largest absolute Gasteiger partial charge is 0.368 e. The van der Waals surface area contributed by atoms with Crippen LogP contribution in [0.2, 0.25) is 0 Å². The van der Waals surface area contributed by atoms with Crippen LogP contribution in [0.15, 0.2) is 0 Å². The molecule has 1 aromatic rings. The summed E-state index contributed by atoms with van der Waals surface area (Å²) in [5.41, 5.74) is 11.4. The van der Waals surface area contributed by atoms with Gasteiger partial charge in [-0.05, 0) is 18.4 Å². The Bertz CT molecular complexity index is 252. The Balaban J connectivity index is 2.60. The van der Waals surface area contributed by atoms with Gasteiger partial charge in [-0.3, -0.25) is 0 Å². The first-order chi connectivity index (χ1) is 6.15. The molecule has 6 heteroatoms. The number of rotatable bonds is 4. The third-order valence-corrected chi connectivity index (χ3v) is 2.42. The molecule has 1 atom stereocenters. The Hall–Kier alpha value is -0.750. The summed E-state index contributed by atoms with van der Waals surface area (Å²) in [4.78, 5) is 4.06. The molecule has 0 spiro atoms. The lowest BCUT2D eigenvalue weighted by atomic mass is 10.2. The van der Waals surface area contributed by atoms with Crippen molar-refractivity contribution in [2.24, 2.45) is 12.8 Å². The van der Waals surface area contributed by atoms with Gasteiger partial charge in [-0.2, -0.15) is 21.8 Å². The van der Waals surface area contributed by atoms with Crippen molar-refractivity contribution in [3.8, 4) is 0 Å². The molecule has 0 amide bonds. The van der Waals surface area contributed by atoms with Gasteiger partial charge in [0.1, 0.15) is 0 Å². The van der Waals surface area contributed by atoms with E-state index < -0.39 is 0 Å². The van der Waals surface area contributed by atoms with E-state index in [0.29, 0.717) is 11.8 Å². The van der Waals surface area contributed by atoms with Gasteiger partial charge in [0.25, 0.3) is 0 Å². The number of hydrogen-bond donors (Lipinski definition) is 2. The van der Waals surface area contributed by atoms with Gasteiger partial charge in [0, 0.05) is 7.05 Å². The summed E-state index contributed by atoms with van der Waals surface area (Å²) in [5.74, 6) is 2.06. The molecule has 1 unspecified atom stereocenters. The Morgan fingerprint density at radius 1 is 1.62 bits per heavy atom. The van der Waals surface area contributed by atoms with E-state index in [0.717, 1.165) is 12.2 Å². The van der Waals surface area contributed by atoms with Crippen LogP contribution >= 0.6 is 11.8 Å². The third kappa shape index (κ3) is 2.60. The predicted octanol–water partition coefficient (Wildman–Crippen LogP) is 0.150. The van der Waals surface area contributed by atoms with Gasteiger partial charge in [-0.15, -0.1) is 0 Å². The van der Waals surface area contributed by atoms with Crippen molar-refractivity contribution >= 4 is 17.7 Å². The van der Waals surface area contributed by atoms with Crippen LogP contribution in [-0.2, 0) is 7.05 Å². The average molecular weight is 201 g/mol. The highest BCUT2D eigenvalue weighted by atomic mass is 32.2. The predicted molar refractivity (Wildman–Crippen MR) is 55.3 cm³/mol. The second-order valence-electron chi connectivity index (χ2n) is 2.84. The van der Waals surface area contributed by atoms with Crippen molar-refractivity contribution in [3.63, 3.8) is 0 Å². The van der Waals surface area contributed by atoms with Crippen LogP contribution in [0.4, 0.5) is 5.95 Å². The summed E-state index contributed by atoms with van der Waals surface area (Å²) >= 11 is 1.76. The summed E-state index contributed by atoms with van der Waals surface area (Å²) in [7, 11) is 1.76. The highest BCUT2D eigenvalue weighted by Gasteiger charge is 2.12. The Kier molecular flexibility index (Phi) is 3.56. The fourth-order valence-corrected chi connectivity index (χ4v) is 1.44. The number of hydrogen-bond acceptors (Lipinski definition) is 5. The molecule has 0 saturated carbocycles. The minimum Gasteiger partial charge on any atom is -0.368 e. The first kappa shape index (κ1) is 10.3. The molecule has 4 N–H and O–H groups in total. The minimum absolute atomic E-state index is 0.101. The molecule has 0 radical (unpaired) electrons. The van der Waals surface area contributed by atoms with Gasteiger partial charge >= 0.3 is 0 Å². The molecule has 0 aliphatic carbocycles. The zero-order valence-electron chi connectivity index (χ0n) is 7.90. The van der Waals surface area contributed by atoms with Gasteiger partial charge in [0.15, 0.2) is 5.82 Å². The molecule has 0 bridgehead atoms. The summed E-state index contributed by atoms with van der Waals surface area (Å²) in [6.45, 7) is 0. The first-order valence-electron chi connectivity index (χ1n) is 4.06. The van der Waals surface area contributed by atoms with E-state index in [9.17, 15) is 0 Å². The fraction of sp³-hybridized carbons (Fsp3) is 0.714. The van der Waals surface area contributed by atoms with E-state index in [4.69, 9.17) is 11.5 Å². The molecule has 1 aromatic heterocycles. The quantitative estimate of drug-likeness (QED) is 0.724. The number of aromatic nitrogens is 3. The van der Waals surface area contributed by atoms with Gasteiger partial charge in [-0.1, -0.05) is 0 Å². The molecule has 0 aromatic carbocycles. The second-order valence-corrected chi connectivity index (χ2v) is 3.83. The summed E-state index contributed by atoms with van der Waals surface area (Å²) < 4.78 is 1.54. The monoisotopic (exact) mass is 201 g/mol. The van der Waals surface area contributed by atoms with Crippen LogP contribution in [0.1, 0.15) is 18.3 Å². The maximum atomic E-state index is 5.86. The van der Waals surface area contributed by atoms with Gasteiger partial charge in [-0.25, -0.2) is 4.68 Å². The van der Waals surface area contributed by atoms with Gasteiger partial charge in [0.2, 0.25) is 5.95 Å². The van der Waals surface area contributed by atoms with Crippen LogP contribution in [-0.4, -0.2) is 26.8 Å². The van der Waals surface area contributed by atoms with Crippen molar-refractivity contribution in [2.45, 2.75) is 12.5 Å². The average Bonchev–Trinajstić information content (AvgIpc) is 2.43. The van der Waals surface area contributed by atoms with Crippen LogP contribution < -0.4 is 11.5 Å². The highest BCUT2D eigenvalue weighted by Crippen LogP contribution is 2.12. The molecule has 0 fully saturated rings. The lowest BCUT2D eigenvalue weighted by molar-refractivity contribution is 0.637. The zero-order valence-corrected chi connectivity index (χ0v) is 8.71. The first-order valence-corrected chi connectivity index (χ1v) is 5.45. The molecule has 5 nitrogen and oxygen atoms in total. The molecular weight excluding hydrogens is 186 g/mol. The SMILES string of the molecule is CSCCC(N)c1nc(N)n(C)n1. The van der Waals surface area contributed by atoms with Gasteiger partial charge in [0.05, 0.1) is 6.04 Å². The van der Waals surface area contributed by atoms with Crippen molar-refractivity contribution in [2.75, 3.05) is 17.7 Å². The molecule has 0 saturated heterocycles. The number of thioether (sulfide) groups is 1. The highest BCUT2D eigenvalue weighted by molar-refractivity contribution is 7.98. The van der Waals surface area contributed by atoms with E-state index in [2.05, 4.69) is 10.1 Å². The molecule has 0 aliphatic heterocycles. The summed E-state index contributed by atoms with van der Waals surface area (Å²) in [5, 5.41) is 4.11. The summed E-state index contributed by atoms with van der Waals surface area (Å²) in [6.07, 6.45) is 2.93. The van der Waals surface area contributed by atoms with Crippen molar-refractivity contribution < 1.29 is 0 Å². The van der Waals surface area contributed by atoms with E-state index in [1.807, 2.05) is 6.26 Å². The van der Waals surface area contributed by atoms with E-state index in [1.54, 1.807) is 18.8 Å². The number of nitrogens with two attached hydrogens (primary N) is 2. The van der Waals surface area contributed by atoms with Crippen LogP contribution in [0.3, 0.4) is 0 Å². The molecular formula is C7H15N5S. The molecule has 1 heterocycles. The second kappa shape index (κ2) is 4.48. The zero-order chi connectivity index (χ0) is 9.84. The Morgan fingerprint density at radius 3 is 2.77 bits per heavy atom. The number of nitrogens with zero attached hydrogens (tertiary/aromatic N) is 3. The van der Waals surface area contributed by atoms with Crippen LogP contribution in [0.5, 0.6) is 0 Å². The van der Waals surface area contributed by atoms with E-state index in [1.165, 1.54) is 4.68 Å². The number of anilines is 1. The van der Waals surface area contributed by atoms with Crippen LogP contribution in [0.25, 0.3) is 0 Å². The van der Waals surface area contributed by atoms with Crippen molar-refractivity contribution in [3.05, 3.63) is 5.82 Å². The minimum atomic E-state index is -0.101. The maximum Gasteiger partial charge on any atom is 0.218 e. The van der Waals surface area contributed by atoms with E-state index >= 15 is 0 Å². The lowest BCUT2D eigenvalue weighted by Gasteiger charge is -2.04. The lowest BCUT2D eigenvalue weighted by Crippen LogP contribution is -2.13. The van der Waals surface area contributed by atoms with Crippen molar-refractivity contribution in [1.29, 1.82) is 0 Å². The topological polar surface area (TPSA) is 82.7 Å². The van der Waals surface area contributed by atoms with Gasteiger partial charge < -0.3 is 11.5 Å². The standard InChI is InChI=1S/C7H15N5S/c1-12-7(9)10-6(11-12)5(8)3-4-13-2/h5H,3-4,8H2,1-2H3,(H2,9,10,11). The molecule has 0 aliphatic rings. The fourth-order valence-electron chi connectivity index (χ4n) is 0.948. The maximum absolute atomic E-state index is 5.86. The smallest absolute Gasteiger partial charge is 0.218 e.